The van der Waals surface area contributed by atoms with Crippen LogP contribution in [0.4, 0.5) is 11.4 Å². The summed E-state index contributed by atoms with van der Waals surface area (Å²) in [4.78, 5) is 12.0. The molecule has 3 N–H and O–H groups in total. The first kappa shape index (κ1) is 14.7. The van der Waals surface area contributed by atoms with E-state index in [9.17, 15) is 4.79 Å². The number of thioether (sulfide) groups is 1. The first-order valence-electron chi connectivity index (χ1n) is 5.86. The molecule has 5 heteroatoms. The van der Waals surface area contributed by atoms with Crippen LogP contribution in [0.3, 0.4) is 0 Å². The van der Waals surface area contributed by atoms with Crippen LogP contribution in [0.25, 0.3) is 0 Å². The third-order valence-electron chi connectivity index (χ3n) is 2.31. The Balaban J connectivity index is 2.58. The minimum absolute atomic E-state index is 0.236. The Bertz CT molecular complexity index is 408. The van der Waals surface area contributed by atoms with Gasteiger partial charge in [-0.3, -0.25) is 4.79 Å². The number of nitrogen functional groups attached to an aromatic ring is 1. The molecule has 0 heterocycles. The summed E-state index contributed by atoms with van der Waals surface area (Å²) in [6.07, 6.45) is 0. The van der Waals surface area contributed by atoms with Gasteiger partial charge in [0.05, 0.1) is 24.2 Å². The molecule has 4 nitrogen and oxygen atoms in total. The third-order valence-corrected chi connectivity index (χ3v) is 3.28. The van der Waals surface area contributed by atoms with E-state index in [-0.39, 0.29) is 5.97 Å². The Morgan fingerprint density at radius 2 is 2.22 bits per heavy atom. The number of ether oxygens (including phenoxy) is 1. The molecule has 0 bridgehead atoms. The van der Waals surface area contributed by atoms with Gasteiger partial charge in [-0.1, -0.05) is 13.8 Å². The highest BCUT2D eigenvalue weighted by molar-refractivity contribution is 8.00. The summed E-state index contributed by atoms with van der Waals surface area (Å²) in [6.45, 7) is 5.17. The fourth-order valence-electron chi connectivity index (χ4n) is 1.31. The van der Waals surface area contributed by atoms with E-state index >= 15 is 0 Å². The lowest BCUT2D eigenvalue weighted by atomic mass is 10.2. The second-order valence-electron chi connectivity index (χ2n) is 4.39. The second kappa shape index (κ2) is 7.16. The summed E-state index contributed by atoms with van der Waals surface area (Å²) in [5.41, 5.74) is 7.59. The summed E-state index contributed by atoms with van der Waals surface area (Å²) in [5.74, 6) is 0.632. The highest BCUT2D eigenvalue weighted by Crippen LogP contribution is 2.26. The molecule has 0 radical (unpaired) electrons. The summed E-state index contributed by atoms with van der Waals surface area (Å²) in [6, 6.07) is 5.76. The summed E-state index contributed by atoms with van der Waals surface area (Å²) >= 11 is 1.42. The van der Waals surface area contributed by atoms with Crippen LogP contribution in [-0.4, -0.2) is 25.4 Å². The van der Waals surface area contributed by atoms with Crippen molar-refractivity contribution in [1.29, 1.82) is 0 Å². The first-order valence-corrected chi connectivity index (χ1v) is 6.84. The number of methoxy groups -OCH3 is 1. The SMILES string of the molecule is COC(=O)CSc1ccc(NCC(C)C)c(N)c1. The van der Waals surface area contributed by atoms with E-state index in [1.165, 1.54) is 18.9 Å². The molecule has 0 aromatic heterocycles. The maximum Gasteiger partial charge on any atom is 0.315 e. The Morgan fingerprint density at radius 3 is 2.78 bits per heavy atom. The fraction of sp³-hybridized carbons (Fsp3) is 0.462. The molecular weight excluding hydrogens is 248 g/mol. The van der Waals surface area contributed by atoms with Crippen molar-refractivity contribution in [3.8, 4) is 0 Å². The van der Waals surface area contributed by atoms with Gasteiger partial charge in [-0.15, -0.1) is 11.8 Å². The lowest BCUT2D eigenvalue weighted by Crippen LogP contribution is -2.09. The molecule has 0 aliphatic heterocycles. The number of benzene rings is 1. The zero-order valence-corrected chi connectivity index (χ0v) is 11.8. The van der Waals surface area contributed by atoms with Crippen molar-refractivity contribution < 1.29 is 9.53 Å². The van der Waals surface area contributed by atoms with E-state index in [1.807, 2.05) is 18.2 Å². The van der Waals surface area contributed by atoms with Gasteiger partial charge in [-0.05, 0) is 24.1 Å². The van der Waals surface area contributed by atoms with Gasteiger partial charge >= 0.3 is 5.97 Å². The summed E-state index contributed by atoms with van der Waals surface area (Å²) < 4.78 is 4.59. The smallest absolute Gasteiger partial charge is 0.315 e. The molecule has 0 aliphatic rings. The summed E-state index contributed by atoms with van der Waals surface area (Å²) in [7, 11) is 1.39. The lowest BCUT2D eigenvalue weighted by Gasteiger charge is -2.12. The standard InChI is InChI=1S/C13H20N2O2S/c1-9(2)7-15-12-5-4-10(6-11(12)14)18-8-13(16)17-3/h4-6,9,15H,7-8,14H2,1-3H3. The number of esters is 1. The molecule has 18 heavy (non-hydrogen) atoms. The Hall–Kier alpha value is -1.36. The predicted molar refractivity (Wildman–Crippen MR) is 76.9 cm³/mol. The van der Waals surface area contributed by atoms with E-state index in [0.29, 0.717) is 17.4 Å². The van der Waals surface area contributed by atoms with Crippen LogP contribution in [0.5, 0.6) is 0 Å². The van der Waals surface area contributed by atoms with Crippen LogP contribution < -0.4 is 11.1 Å². The van der Waals surface area contributed by atoms with Crippen LogP contribution in [0.2, 0.25) is 0 Å². The molecular formula is C13H20N2O2S. The van der Waals surface area contributed by atoms with Gasteiger partial charge in [-0.25, -0.2) is 0 Å². The van der Waals surface area contributed by atoms with Gasteiger partial charge in [0, 0.05) is 11.4 Å². The molecule has 0 saturated carbocycles. The maximum absolute atomic E-state index is 11.0. The number of hydrogen-bond acceptors (Lipinski definition) is 5. The van der Waals surface area contributed by atoms with Gasteiger partial charge < -0.3 is 15.8 Å². The monoisotopic (exact) mass is 268 g/mol. The Kier molecular flexibility index (Phi) is 5.85. The van der Waals surface area contributed by atoms with Gasteiger partial charge in [0.2, 0.25) is 0 Å². The van der Waals surface area contributed by atoms with Crippen molar-refractivity contribution in [1.82, 2.24) is 0 Å². The molecule has 0 saturated heterocycles. The minimum Gasteiger partial charge on any atom is -0.468 e. The molecule has 0 amide bonds. The van der Waals surface area contributed by atoms with Gasteiger partial charge in [0.25, 0.3) is 0 Å². The Morgan fingerprint density at radius 1 is 1.50 bits per heavy atom. The van der Waals surface area contributed by atoms with E-state index < -0.39 is 0 Å². The van der Waals surface area contributed by atoms with Crippen molar-refractivity contribution in [2.24, 2.45) is 5.92 Å². The van der Waals surface area contributed by atoms with E-state index in [2.05, 4.69) is 23.9 Å². The average Bonchev–Trinajstić information content (AvgIpc) is 2.34. The van der Waals surface area contributed by atoms with Gasteiger partial charge in [-0.2, -0.15) is 0 Å². The lowest BCUT2D eigenvalue weighted by molar-refractivity contribution is -0.137. The van der Waals surface area contributed by atoms with Crippen LogP contribution >= 0.6 is 11.8 Å². The van der Waals surface area contributed by atoms with Crippen molar-refractivity contribution in [3.63, 3.8) is 0 Å². The molecule has 0 unspecified atom stereocenters. The number of nitrogens with two attached hydrogens (primary N) is 1. The fourth-order valence-corrected chi connectivity index (χ4v) is 2.08. The highest BCUT2D eigenvalue weighted by Gasteiger charge is 2.05. The topological polar surface area (TPSA) is 64.3 Å². The van der Waals surface area contributed by atoms with Crippen LogP contribution in [0.15, 0.2) is 23.1 Å². The second-order valence-corrected chi connectivity index (χ2v) is 5.44. The highest BCUT2D eigenvalue weighted by atomic mass is 32.2. The average molecular weight is 268 g/mol. The summed E-state index contributed by atoms with van der Waals surface area (Å²) in [5, 5.41) is 3.29. The number of rotatable bonds is 6. The van der Waals surface area contributed by atoms with Crippen LogP contribution in [0, 0.1) is 5.92 Å². The van der Waals surface area contributed by atoms with Gasteiger partial charge in [0.15, 0.2) is 0 Å². The number of nitrogens with one attached hydrogen (secondary N) is 1. The molecule has 1 aromatic carbocycles. The number of carbonyl (C=O) groups excluding carboxylic acids is 1. The van der Waals surface area contributed by atoms with E-state index in [1.54, 1.807) is 0 Å². The quantitative estimate of drug-likeness (QED) is 0.471. The van der Waals surface area contributed by atoms with Crippen LogP contribution in [0.1, 0.15) is 13.8 Å². The largest absolute Gasteiger partial charge is 0.468 e. The molecule has 0 spiro atoms. The zero-order chi connectivity index (χ0) is 13.5. The Labute approximate surface area is 112 Å². The number of hydrogen-bond donors (Lipinski definition) is 2. The molecule has 1 aromatic rings. The van der Waals surface area contributed by atoms with Crippen molar-refractivity contribution in [2.45, 2.75) is 18.7 Å². The maximum atomic E-state index is 11.0. The molecule has 0 atom stereocenters. The normalized spacial score (nSPS) is 10.4. The third kappa shape index (κ3) is 4.87. The van der Waals surface area contributed by atoms with Crippen molar-refractivity contribution in [2.75, 3.05) is 30.5 Å². The molecule has 100 valence electrons. The first-order chi connectivity index (χ1) is 8.52. The zero-order valence-electron chi connectivity index (χ0n) is 11.0. The van der Waals surface area contributed by atoms with Gasteiger partial charge in [0.1, 0.15) is 0 Å². The molecule has 0 fully saturated rings. The predicted octanol–water partition coefficient (Wildman–Crippen LogP) is 2.60. The van der Waals surface area contributed by atoms with Crippen molar-refractivity contribution in [3.05, 3.63) is 18.2 Å². The van der Waals surface area contributed by atoms with Crippen LogP contribution in [-0.2, 0) is 9.53 Å². The number of carbonyl (C=O) groups is 1. The molecule has 0 aliphatic carbocycles. The van der Waals surface area contributed by atoms with E-state index in [4.69, 9.17) is 5.73 Å². The van der Waals surface area contributed by atoms with Crippen molar-refractivity contribution >= 4 is 29.1 Å². The van der Waals surface area contributed by atoms with E-state index in [0.717, 1.165) is 17.1 Å². The number of anilines is 2. The minimum atomic E-state index is -0.236. The molecule has 1 rings (SSSR count).